The van der Waals surface area contributed by atoms with Gasteiger partial charge in [0.25, 0.3) is 0 Å². The minimum atomic E-state index is -4.46. The summed E-state index contributed by atoms with van der Waals surface area (Å²) in [6, 6.07) is 0. The predicted molar refractivity (Wildman–Crippen MR) is 24.7 cm³/mol. The SMILES string of the molecule is FC(F)(F)c1[c]n[c]cn1. The molecule has 1 heterocycles. The van der Waals surface area contributed by atoms with Crippen molar-refractivity contribution in [3.8, 4) is 0 Å². The Morgan fingerprint density at radius 2 is 2.10 bits per heavy atom. The first-order valence-corrected chi connectivity index (χ1v) is 2.28. The maximum absolute atomic E-state index is 11.6. The molecule has 0 N–H and O–H groups in total. The van der Waals surface area contributed by atoms with Gasteiger partial charge in [0.2, 0.25) is 0 Å². The first kappa shape index (κ1) is 6.98. The highest BCUT2D eigenvalue weighted by molar-refractivity contribution is 4.96. The van der Waals surface area contributed by atoms with E-state index in [4.69, 9.17) is 0 Å². The molecule has 0 aliphatic rings. The van der Waals surface area contributed by atoms with Crippen LogP contribution in [0.2, 0.25) is 0 Å². The van der Waals surface area contributed by atoms with Gasteiger partial charge in [0.05, 0.1) is 6.20 Å². The topological polar surface area (TPSA) is 25.8 Å². The van der Waals surface area contributed by atoms with E-state index >= 15 is 0 Å². The van der Waals surface area contributed by atoms with E-state index in [1.165, 1.54) is 0 Å². The zero-order valence-electron chi connectivity index (χ0n) is 4.61. The number of aromatic nitrogens is 2. The van der Waals surface area contributed by atoms with E-state index < -0.39 is 11.9 Å². The Labute approximate surface area is 54.7 Å². The minimum absolute atomic E-state index is 0.847. The molecule has 0 aliphatic heterocycles. The third-order valence-corrected chi connectivity index (χ3v) is 0.746. The van der Waals surface area contributed by atoms with Crippen LogP contribution < -0.4 is 0 Å². The standard InChI is InChI=1S/C5HF3N2/c6-5(7,8)4-3-9-1-2-10-4/h2H. The van der Waals surface area contributed by atoms with Gasteiger partial charge in [-0.25, -0.2) is 9.97 Å². The Kier molecular flexibility index (Phi) is 1.57. The van der Waals surface area contributed by atoms with Crippen LogP contribution in [0.15, 0.2) is 6.20 Å². The molecule has 0 fully saturated rings. The first-order valence-electron chi connectivity index (χ1n) is 2.28. The molecular weight excluding hydrogens is 145 g/mol. The third kappa shape index (κ3) is 1.43. The van der Waals surface area contributed by atoms with Crippen LogP contribution in [0.25, 0.3) is 0 Å². The van der Waals surface area contributed by atoms with Crippen molar-refractivity contribution in [3.63, 3.8) is 0 Å². The number of alkyl halides is 3. The fourth-order valence-electron chi connectivity index (χ4n) is 0.373. The molecule has 52 valence electrons. The van der Waals surface area contributed by atoms with Crippen LogP contribution in [-0.4, -0.2) is 9.97 Å². The summed E-state index contributed by atoms with van der Waals surface area (Å²) in [4.78, 5) is 5.97. The number of nitrogens with zero attached hydrogens (tertiary/aromatic N) is 2. The number of halogens is 3. The Morgan fingerprint density at radius 1 is 1.40 bits per heavy atom. The summed E-state index contributed by atoms with van der Waals surface area (Å²) in [6.07, 6.45) is 0.145. The van der Waals surface area contributed by atoms with E-state index in [1.807, 2.05) is 0 Å². The Hall–Kier alpha value is -1.13. The molecule has 0 saturated carbocycles. The number of hydrogen-bond acceptors (Lipinski definition) is 2. The van der Waals surface area contributed by atoms with Gasteiger partial charge in [0, 0.05) is 0 Å². The molecule has 1 rings (SSSR count). The number of hydrogen-bond donors (Lipinski definition) is 0. The van der Waals surface area contributed by atoms with E-state index in [-0.39, 0.29) is 0 Å². The average Bonchev–Trinajstić information content (AvgIpc) is 1.88. The molecule has 1 aromatic rings. The van der Waals surface area contributed by atoms with Crippen LogP contribution in [-0.2, 0) is 6.18 Å². The smallest absolute Gasteiger partial charge is 0.247 e. The van der Waals surface area contributed by atoms with Gasteiger partial charge in [-0.05, 0) is 0 Å². The second kappa shape index (κ2) is 2.24. The average molecular weight is 146 g/mol. The van der Waals surface area contributed by atoms with Crippen LogP contribution in [0, 0.1) is 12.4 Å². The third-order valence-electron chi connectivity index (χ3n) is 0.746. The molecule has 0 bridgehead atoms. The van der Waals surface area contributed by atoms with Crippen LogP contribution in [0.1, 0.15) is 5.69 Å². The molecule has 0 aliphatic carbocycles. The summed E-state index contributed by atoms with van der Waals surface area (Å²) < 4.78 is 34.9. The molecule has 10 heavy (non-hydrogen) atoms. The van der Waals surface area contributed by atoms with Gasteiger partial charge in [-0.2, -0.15) is 13.2 Å². The van der Waals surface area contributed by atoms with E-state index in [0.29, 0.717) is 0 Å². The molecule has 0 amide bonds. The van der Waals surface area contributed by atoms with Crippen LogP contribution in [0.3, 0.4) is 0 Å². The van der Waals surface area contributed by atoms with Gasteiger partial charge in [-0.1, -0.05) is 0 Å². The monoisotopic (exact) mass is 146 g/mol. The summed E-state index contributed by atoms with van der Waals surface area (Å²) in [5.41, 5.74) is -1.12. The summed E-state index contributed by atoms with van der Waals surface area (Å²) in [6.45, 7) is 0. The van der Waals surface area contributed by atoms with Crippen LogP contribution in [0.4, 0.5) is 13.2 Å². The molecule has 0 unspecified atom stereocenters. The molecule has 2 nitrogen and oxygen atoms in total. The Balaban J connectivity index is 2.97. The van der Waals surface area contributed by atoms with Crippen molar-refractivity contribution >= 4 is 0 Å². The lowest BCUT2D eigenvalue weighted by Gasteiger charge is -2.00. The Bertz CT molecular complexity index is 206. The normalized spacial score (nSPS) is 11.5. The number of rotatable bonds is 0. The van der Waals surface area contributed by atoms with Crippen molar-refractivity contribution in [3.05, 3.63) is 24.3 Å². The largest absolute Gasteiger partial charge is 0.435 e. The van der Waals surface area contributed by atoms with Crippen LogP contribution in [0.5, 0.6) is 0 Å². The van der Waals surface area contributed by atoms with Crippen molar-refractivity contribution in [1.29, 1.82) is 0 Å². The zero-order valence-corrected chi connectivity index (χ0v) is 4.61. The Morgan fingerprint density at radius 3 is 2.40 bits per heavy atom. The van der Waals surface area contributed by atoms with Gasteiger partial charge < -0.3 is 0 Å². The van der Waals surface area contributed by atoms with E-state index in [9.17, 15) is 13.2 Å². The van der Waals surface area contributed by atoms with E-state index in [0.717, 1.165) is 6.20 Å². The highest BCUT2D eigenvalue weighted by atomic mass is 19.4. The maximum Gasteiger partial charge on any atom is 0.435 e. The molecule has 1 aromatic heterocycles. The minimum Gasteiger partial charge on any atom is -0.247 e. The van der Waals surface area contributed by atoms with Crippen molar-refractivity contribution in [1.82, 2.24) is 9.97 Å². The molecule has 0 saturated heterocycles. The highest BCUT2D eigenvalue weighted by Gasteiger charge is 2.32. The lowest BCUT2D eigenvalue weighted by molar-refractivity contribution is -0.141. The first-order chi connectivity index (χ1) is 4.61. The van der Waals surface area contributed by atoms with Gasteiger partial charge >= 0.3 is 6.18 Å². The summed E-state index contributed by atoms with van der Waals surface area (Å²) in [5.74, 6) is 0. The zero-order chi connectivity index (χ0) is 7.61. The molecule has 0 spiro atoms. The second-order valence-corrected chi connectivity index (χ2v) is 1.46. The van der Waals surface area contributed by atoms with Crippen molar-refractivity contribution < 1.29 is 13.2 Å². The van der Waals surface area contributed by atoms with E-state index in [2.05, 4.69) is 16.2 Å². The lowest BCUT2D eigenvalue weighted by atomic mass is 10.4. The van der Waals surface area contributed by atoms with Crippen molar-refractivity contribution in [2.24, 2.45) is 0 Å². The van der Waals surface area contributed by atoms with Gasteiger partial charge in [-0.3, -0.25) is 0 Å². The summed E-state index contributed by atoms with van der Waals surface area (Å²) >= 11 is 0. The van der Waals surface area contributed by atoms with Crippen LogP contribution >= 0.6 is 0 Å². The molecule has 2 radical (unpaired) electrons. The molecule has 5 heteroatoms. The molecule has 0 atom stereocenters. The van der Waals surface area contributed by atoms with Crippen molar-refractivity contribution in [2.45, 2.75) is 6.18 Å². The predicted octanol–water partition coefficient (Wildman–Crippen LogP) is 1.10. The molecule has 0 aromatic carbocycles. The summed E-state index contributed by atoms with van der Waals surface area (Å²) in [7, 11) is 0. The van der Waals surface area contributed by atoms with Gasteiger partial charge in [0.1, 0.15) is 12.4 Å². The maximum atomic E-state index is 11.6. The fourth-order valence-corrected chi connectivity index (χ4v) is 0.373. The van der Waals surface area contributed by atoms with Gasteiger partial charge in [-0.15, -0.1) is 0 Å². The van der Waals surface area contributed by atoms with Gasteiger partial charge in [0.15, 0.2) is 5.69 Å². The summed E-state index contributed by atoms with van der Waals surface area (Å²) in [5, 5.41) is 0. The highest BCUT2D eigenvalue weighted by Crippen LogP contribution is 2.25. The quantitative estimate of drug-likeness (QED) is 0.547. The molecular formula is C5HF3N2. The lowest BCUT2D eigenvalue weighted by Crippen LogP contribution is -2.07. The second-order valence-electron chi connectivity index (χ2n) is 1.46. The van der Waals surface area contributed by atoms with Crippen molar-refractivity contribution in [2.75, 3.05) is 0 Å². The van der Waals surface area contributed by atoms with E-state index in [1.54, 1.807) is 6.20 Å². The fraction of sp³-hybridized carbons (Fsp3) is 0.200.